The molecular weight excluding hydrogens is 230 g/mol. The zero-order chi connectivity index (χ0) is 6.41. The first-order valence-electron chi connectivity index (χ1n) is 1.04. The normalized spacial score (nSPS) is 23.1. The summed E-state index contributed by atoms with van der Waals surface area (Å²) in [5, 5.41) is 0. The van der Waals surface area contributed by atoms with E-state index in [1.807, 2.05) is 0 Å². The maximum atomic E-state index is 10.8. The Kier molecular flexibility index (Phi) is 0.872. The standard InChI is InChI=1S/F2H4O4Te/c1-7(2,3,4,5)6/h3-6H. The minimum absolute atomic E-state index is 6.97. The molecule has 4 N–H and O–H groups in total. The molecule has 0 radical (unpaired) electrons. The van der Waals surface area contributed by atoms with Crippen molar-refractivity contribution in [3.8, 4) is 0 Å². The molecule has 0 spiro atoms. The number of hydrogen-bond donors (Lipinski definition) is 4. The third kappa shape index (κ3) is 546. The van der Waals surface area contributed by atoms with Crippen LogP contribution in [0.2, 0.25) is 0 Å². The Morgan fingerprint density at radius 2 is 0.857 bits per heavy atom. The molecule has 0 amide bonds. The van der Waals surface area contributed by atoms with Crippen LogP contribution in [0, 0.1) is 0 Å². The van der Waals surface area contributed by atoms with Crippen LogP contribution in [0.25, 0.3) is 0 Å². The molecule has 0 saturated heterocycles. The SMILES string of the molecule is O[Te](O)(O)(O)(F)F. The molecule has 0 fully saturated rings. The van der Waals surface area contributed by atoms with E-state index >= 15 is 0 Å². The van der Waals surface area contributed by atoms with Crippen molar-refractivity contribution in [3.05, 3.63) is 0 Å². The van der Waals surface area contributed by atoms with Crippen molar-refractivity contribution < 1.29 is 19.7 Å². The van der Waals surface area contributed by atoms with Gasteiger partial charge in [0.1, 0.15) is 0 Å². The molecule has 0 saturated carbocycles. The van der Waals surface area contributed by atoms with Crippen molar-refractivity contribution >= 4 is 18.2 Å². The first-order valence-corrected chi connectivity index (χ1v) is 6.97. The quantitative estimate of drug-likeness (QED) is 0.374. The molecule has 7 heavy (non-hydrogen) atoms. The van der Waals surface area contributed by atoms with Gasteiger partial charge in [-0.25, -0.2) is 0 Å². The predicted octanol–water partition coefficient (Wildman–Crippen LogP) is -1.77. The Hall–Kier alpha value is 0.490. The summed E-state index contributed by atoms with van der Waals surface area (Å²) < 4.78 is 49.5. The Morgan fingerprint density at radius 1 is 0.857 bits per heavy atom. The van der Waals surface area contributed by atoms with Crippen LogP contribution in [-0.4, -0.2) is 32.1 Å². The van der Waals surface area contributed by atoms with E-state index in [2.05, 4.69) is 0 Å². The molecule has 0 aromatic carbocycles. The van der Waals surface area contributed by atoms with Gasteiger partial charge in [-0.15, -0.1) is 0 Å². The Labute approximate surface area is 38.5 Å². The van der Waals surface area contributed by atoms with Crippen molar-refractivity contribution in [2.24, 2.45) is 0 Å². The van der Waals surface area contributed by atoms with Gasteiger partial charge in [-0.1, -0.05) is 0 Å². The van der Waals surface area contributed by atoms with Gasteiger partial charge in [0.2, 0.25) is 0 Å². The average Bonchev–Trinajstić information content (AvgIpc) is 0.592. The van der Waals surface area contributed by atoms with E-state index in [-0.39, 0.29) is 0 Å². The van der Waals surface area contributed by atoms with Gasteiger partial charge in [-0.3, -0.25) is 0 Å². The molecule has 0 atom stereocenters. The zero-order valence-electron chi connectivity index (χ0n) is 2.95. The molecule has 0 bridgehead atoms. The second-order valence-electron chi connectivity index (χ2n) is 1.10. The van der Waals surface area contributed by atoms with Crippen LogP contribution in [0.15, 0.2) is 0 Å². The van der Waals surface area contributed by atoms with E-state index in [4.69, 9.17) is 13.9 Å². The third-order valence-corrected chi connectivity index (χ3v) is 0. The van der Waals surface area contributed by atoms with Crippen LogP contribution in [0.1, 0.15) is 0 Å². The molecule has 0 rings (SSSR count). The van der Waals surface area contributed by atoms with Crippen LogP contribution >= 0.6 is 0 Å². The first-order chi connectivity index (χ1) is 2.45. The summed E-state index contributed by atoms with van der Waals surface area (Å²) in [4.78, 5) is 0. The average molecular weight is 234 g/mol. The summed E-state index contributed by atoms with van der Waals surface area (Å²) in [7, 11) is 0. The fraction of sp³-hybridized carbons (Fsp3) is 0. The molecule has 0 aromatic heterocycles. The van der Waals surface area contributed by atoms with Crippen molar-refractivity contribution in [3.63, 3.8) is 0 Å². The van der Waals surface area contributed by atoms with Crippen LogP contribution < -0.4 is 0 Å². The van der Waals surface area contributed by atoms with Crippen LogP contribution in [0.4, 0.5) is 5.78 Å². The van der Waals surface area contributed by atoms with Gasteiger partial charge < -0.3 is 0 Å². The zero-order valence-corrected chi connectivity index (χ0v) is 5.28. The molecule has 7 heteroatoms. The molecule has 0 aromatic rings. The topological polar surface area (TPSA) is 80.9 Å². The second-order valence-corrected chi connectivity index (χ2v) is 7.38. The summed E-state index contributed by atoms with van der Waals surface area (Å²) in [5.41, 5.74) is 0. The Bertz CT molecular complexity index is 68.3. The maximum absolute atomic E-state index is 10.8. The van der Waals surface area contributed by atoms with Gasteiger partial charge in [0.05, 0.1) is 0 Å². The molecular formula is H4F2O4Te. The summed E-state index contributed by atoms with van der Waals surface area (Å²) >= 11 is -9.18. The van der Waals surface area contributed by atoms with E-state index in [1.165, 1.54) is 0 Å². The number of hydrogen-bond acceptors (Lipinski definition) is 4. The Balaban J connectivity index is 4.43. The van der Waals surface area contributed by atoms with Gasteiger partial charge in [0.25, 0.3) is 0 Å². The van der Waals surface area contributed by atoms with Crippen molar-refractivity contribution in [1.82, 2.24) is 0 Å². The van der Waals surface area contributed by atoms with Crippen LogP contribution in [0.5, 0.6) is 0 Å². The van der Waals surface area contributed by atoms with Gasteiger partial charge in [0.15, 0.2) is 0 Å². The van der Waals surface area contributed by atoms with Gasteiger partial charge in [0, 0.05) is 0 Å². The molecule has 48 valence electrons. The van der Waals surface area contributed by atoms with Crippen molar-refractivity contribution in [1.29, 1.82) is 0 Å². The van der Waals surface area contributed by atoms with Crippen LogP contribution in [0.3, 0.4) is 0 Å². The van der Waals surface area contributed by atoms with E-state index in [0.29, 0.717) is 0 Å². The van der Waals surface area contributed by atoms with E-state index < -0.39 is 18.2 Å². The fourth-order valence-corrected chi connectivity index (χ4v) is 0. The minimum atomic E-state index is -9.18. The van der Waals surface area contributed by atoms with E-state index in [0.717, 1.165) is 0 Å². The number of rotatable bonds is 0. The first kappa shape index (κ1) is 7.49. The summed E-state index contributed by atoms with van der Waals surface area (Å²) in [6, 6.07) is 0. The van der Waals surface area contributed by atoms with E-state index in [1.54, 1.807) is 0 Å². The summed E-state index contributed by atoms with van der Waals surface area (Å²) in [6.45, 7) is 0. The van der Waals surface area contributed by atoms with Gasteiger partial charge >= 0.3 is 37.9 Å². The van der Waals surface area contributed by atoms with E-state index in [9.17, 15) is 5.78 Å². The van der Waals surface area contributed by atoms with Crippen molar-refractivity contribution in [2.75, 3.05) is 0 Å². The fourth-order valence-electron chi connectivity index (χ4n) is 0. The molecule has 0 unspecified atom stereocenters. The van der Waals surface area contributed by atoms with Crippen molar-refractivity contribution in [2.45, 2.75) is 0 Å². The number of halogens is 2. The molecule has 0 heterocycles. The van der Waals surface area contributed by atoms with Crippen LogP contribution in [-0.2, 0) is 0 Å². The summed E-state index contributed by atoms with van der Waals surface area (Å²) in [5.74, 6) is 0. The molecule has 4 nitrogen and oxygen atoms in total. The van der Waals surface area contributed by atoms with Gasteiger partial charge in [-0.05, 0) is 0 Å². The Morgan fingerprint density at radius 3 is 0.857 bits per heavy atom. The molecule has 0 aliphatic rings. The van der Waals surface area contributed by atoms with Gasteiger partial charge in [-0.2, -0.15) is 0 Å². The summed E-state index contributed by atoms with van der Waals surface area (Å²) in [6.07, 6.45) is 0. The monoisotopic (exact) mass is 236 g/mol. The molecule has 0 aliphatic heterocycles. The predicted molar refractivity (Wildman–Crippen MR) is 16.8 cm³/mol. The third-order valence-electron chi connectivity index (χ3n) is 0. The second kappa shape index (κ2) is 0.815. The molecule has 0 aliphatic carbocycles.